The minimum atomic E-state index is -3.79. The maximum atomic E-state index is 13.2. The molecule has 1 aromatic carbocycles. The highest BCUT2D eigenvalue weighted by Gasteiger charge is 2.19. The first-order valence-electron chi connectivity index (χ1n) is 5.88. The third-order valence-electron chi connectivity index (χ3n) is 2.66. The van der Waals surface area contributed by atoms with E-state index in [1.165, 1.54) is 13.2 Å². The maximum Gasteiger partial charge on any atom is 0.244 e. The predicted molar refractivity (Wildman–Crippen MR) is 76.2 cm³/mol. The molecule has 0 radical (unpaired) electrons. The smallest absolute Gasteiger partial charge is 0.244 e. The van der Waals surface area contributed by atoms with Crippen molar-refractivity contribution in [3.8, 4) is 5.75 Å². The lowest BCUT2D eigenvalue weighted by atomic mass is 10.3. The minimum absolute atomic E-state index is 0.120. The summed E-state index contributed by atoms with van der Waals surface area (Å²) in [5, 5.41) is 1.93. The molecule has 1 aromatic heterocycles. The molecule has 0 atom stereocenters. The highest BCUT2D eigenvalue weighted by Crippen LogP contribution is 2.24. The van der Waals surface area contributed by atoms with Crippen LogP contribution in [-0.2, 0) is 16.4 Å². The minimum Gasteiger partial charge on any atom is -0.495 e. The van der Waals surface area contributed by atoms with Crippen molar-refractivity contribution in [2.24, 2.45) is 0 Å². The van der Waals surface area contributed by atoms with E-state index in [0.29, 0.717) is 6.42 Å². The van der Waals surface area contributed by atoms with Crippen LogP contribution < -0.4 is 9.46 Å². The summed E-state index contributed by atoms with van der Waals surface area (Å²) in [6.45, 7) is 0.252. The number of benzene rings is 1. The molecule has 108 valence electrons. The number of methoxy groups -OCH3 is 1. The van der Waals surface area contributed by atoms with Crippen molar-refractivity contribution in [3.63, 3.8) is 0 Å². The van der Waals surface area contributed by atoms with Crippen LogP contribution in [0.25, 0.3) is 0 Å². The number of rotatable bonds is 6. The molecule has 1 heterocycles. The second kappa shape index (κ2) is 6.34. The Morgan fingerprint density at radius 1 is 1.35 bits per heavy atom. The normalized spacial score (nSPS) is 11.5. The van der Waals surface area contributed by atoms with Crippen LogP contribution in [0.4, 0.5) is 4.39 Å². The van der Waals surface area contributed by atoms with Crippen molar-refractivity contribution in [2.45, 2.75) is 11.3 Å². The van der Waals surface area contributed by atoms with E-state index in [1.54, 1.807) is 11.3 Å². The van der Waals surface area contributed by atoms with E-state index in [1.807, 2.05) is 17.5 Å². The van der Waals surface area contributed by atoms with Crippen molar-refractivity contribution < 1.29 is 17.5 Å². The molecule has 0 saturated heterocycles. The van der Waals surface area contributed by atoms with E-state index in [9.17, 15) is 12.8 Å². The molecule has 0 aliphatic heterocycles. The highest BCUT2D eigenvalue weighted by molar-refractivity contribution is 7.89. The second-order valence-electron chi connectivity index (χ2n) is 4.02. The topological polar surface area (TPSA) is 55.4 Å². The van der Waals surface area contributed by atoms with E-state index in [4.69, 9.17) is 4.74 Å². The number of sulfonamides is 1. The Labute approximate surface area is 121 Å². The van der Waals surface area contributed by atoms with Gasteiger partial charge in [0, 0.05) is 11.4 Å². The lowest BCUT2D eigenvalue weighted by Gasteiger charge is -2.10. The summed E-state index contributed by atoms with van der Waals surface area (Å²) in [5.41, 5.74) is 0. The van der Waals surface area contributed by atoms with E-state index in [2.05, 4.69) is 4.72 Å². The molecular formula is C13H14FNO3S2. The first-order chi connectivity index (χ1) is 9.53. The first-order valence-corrected chi connectivity index (χ1v) is 8.25. The summed E-state index contributed by atoms with van der Waals surface area (Å²) in [4.78, 5) is 0.894. The Kier molecular flexibility index (Phi) is 4.74. The van der Waals surface area contributed by atoms with Crippen LogP contribution in [0.2, 0.25) is 0 Å². The van der Waals surface area contributed by atoms with Crippen LogP contribution in [0, 0.1) is 5.82 Å². The third-order valence-corrected chi connectivity index (χ3v) is 5.08. The molecule has 7 heteroatoms. The van der Waals surface area contributed by atoms with E-state index >= 15 is 0 Å². The monoisotopic (exact) mass is 315 g/mol. The van der Waals surface area contributed by atoms with Crippen LogP contribution in [0.15, 0.2) is 40.6 Å². The van der Waals surface area contributed by atoms with Crippen molar-refractivity contribution in [1.82, 2.24) is 4.72 Å². The molecule has 2 aromatic rings. The molecule has 0 saturated carbocycles. The fourth-order valence-electron chi connectivity index (χ4n) is 1.70. The van der Waals surface area contributed by atoms with E-state index in [0.717, 1.165) is 17.0 Å². The van der Waals surface area contributed by atoms with Crippen molar-refractivity contribution in [2.75, 3.05) is 13.7 Å². The quantitative estimate of drug-likeness (QED) is 0.890. The average molecular weight is 315 g/mol. The second-order valence-corrected chi connectivity index (χ2v) is 6.79. The van der Waals surface area contributed by atoms with E-state index < -0.39 is 15.8 Å². The summed E-state index contributed by atoms with van der Waals surface area (Å²) < 4.78 is 44.9. The molecule has 2 rings (SSSR count). The molecule has 0 fully saturated rings. The van der Waals surface area contributed by atoms with Crippen LogP contribution in [0.1, 0.15) is 4.88 Å². The van der Waals surface area contributed by atoms with Gasteiger partial charge in [-0.15, -0.1) is 11.3 Å². The lowest BCUT2D eigenvalue weighted by Crippen LogP contribution is -2.26. The van der Waals surface area contributed by atoms with Gasteiger partial charge in [0.15, 0.2) is 0 Å². The van der Waals surface area contributed by atoms with Gasteiger partial charge in [0.2, 0.25) is 10.0 Å². The zero-order chi connectivity index (χ0) is 14.6. The van der Waals surface area contributed by atoms with Crippen molar-refractivity contribution in [3.05, 3.63) is 46.4 Å². The van der Waals surface area contributed by atoms with Crippen LogP contribution in [0.5, 0.6) is 5.75 Å². The Morgan fingerprint density at radius 2 is 2.15 bits per heavy atom. The Hall–Kier alpha value is -1.44. The first kappa shape index (κ1) is 15.0. The molecule has 0 aliphatic carbocycles. The Balaban J connectivity index is 2.11. The Morgan fingerprint density at radius 3 is 2.80 bits per heavy atom. The largest absolute Gasteiger partial charge is 0.495 e. The number of ether oxygens (including phenoxy) is 1. The maximum absolute atomic E-state index is 13.2. The van der Waals surface area contributed by atoms with Gasteiger partial charge in [-0.1, -0.05) is 6.07 Å². The third kappa shape index (κ3) is 3.56. The molecule has 0 spiro atoms. The number of nitrogens with one attached hydrogen (secondary N) is 1. The van der Waals surface area contributed by atoms with Gasteiger partial charge in [0.1, 0.15) is 16.5 Å². The number of halogens is 1. The van der Waals surface area contributed by atoms with Crippen LogP contribution in [0.3, 0.4) is 0 Å². The molecule has 0 amide bonds. The molecule has 20 heavy (non-hydrogen) atoms. The molecule has 0 unspecified atom stereocenters. The van der Waals surface area contributed by atoms with Crippen LogP contribution >= 0.6 is 11.3 Å². The molecule has 0 bridgehead atoms. The summed E-state index contributed by atoms with van der Waals surface area (Å²) >= 11 is 1.56. The van der Waals surface area contributed by atoms with Gasteiger partial charge in [-0.2, -0.15) is 0 Å². The van der Waals surface area contributed by atoms with E-state index in [-0.39, 0.29) is 17.2 Å². The van der Waals surface area contributed by atoms with Gasteiger partial charge >= 0.3 is 0 Å². The molecule has 1 N–H and O–H groups in total. The van der Waals surface area contributed by atoms with Gasteiger partial charge in [-0.05, 0) is 36.1 Å². The molecule has 0 aliphatic rings. The van der Waals surface area contributed by atoms with Crippen molar-refractivity contribution >= 4 is 21.4 Å². The molecule has 4 nitrogen and oxygen atoms in total. The van der Waals surface area contributed by atoms with Crippen molar-refractivity contribution in [1.29, 1.82) is 0 Å². The fraction of sp³-hybridized carbons (Fsp3) is 0.231. The number of hydrogen-bond acceptors (Lipinski definition) is 4. The predicted octanol–water partition coefficient (Wildman–Crippen LogP) is 2.42. The number of thiophene rings is 1. The summed E-state index contributed by atoms with van der Waals surface area (Å²) in [6.07, 6.45) is 0.592. The molecular weight excluding hydrogens is 301 g/mol. The summed E-state index contributed by atoms with van der Waals surface area (Å²) in [5.74, 6) is -0.501. The zero-order valence-corrected chi connectivity index (χ0v) is 12.4. The van der Waals surface area contributed by atoms with Crippen LogP contribution in [-0.4, -0.2) is 22.1 Å². The zero-order valence-electron chi connectivity index (χ0n) is 10.8. The Bertz CT molecular complexity index is 669. The van der Waals surface area contributed by atoms with Gasteiger partial charge in [0.25, 0.3) is 0 Å². The fourth-order valence-corrected chi connectivity index (χ4v) is 3.62. The summed E-state index contributed by atoms with van der Waals surface area (Å²) in [7, 11) is -2.44. The highest BCUT2D eigenvalue weighted by atomic mass is 32.2. The lowest BCUT2D eigenvalue weighted by molar-refractivity contribution is 0.400. The summed E-state index contributed by atoms with van der Waals surface area (Å²) in [6, 6.07) is 7.24. The van der Waals surface area contributed by atoms with Gasteiger partial charge in [-0.3, -0.25) is 0 Å². The standard InChI is InChI=1S/C13H14FNO3S2/c1-18-12-5-4-10(14)9-13(12)20(16,17)15-7-6-11-3-2-8-19-11/h2-5,8-9,15H,6-7H2,1H3. The van der Waals surface area contributed by atoms with Gasteiger partial charge < -0.3 is 4.74 Å². The number of hydrogen-bond donors (Lipinski definition) is 1. The SMILES string of the molecule is COc1ccc(F)cc1S(=O)(=O)NCCc1cccs1. The van der Waals surface area contributed by atoms with Gasteiger partial charge in [0.05, 0.1) is 7.11 Å². The average Bonchev–Trinajstić information content (AvgIpc) is 2.91. The van der Waals surface area contributed by atoms with Gasteiger partial charge in [-0.25, -0.2) is 17.5 Å².